The molecule has 2 aromatic carbocycles. The van der Waals surface area contributed by atoms with Gasteiger partial charge in [0.1, 0.15) is 0 Å². The number of pyridine rings is 2. The summed E-state index contributed by atoms with van der Waals surface area (Å²) in [5, 5.41) is 8.08. The molecule has 0 radical (unpaired) electrons. The predicted octanol–water partition coefficient (Wildman–Crippen LogP) is 9.33. The molecule has 25 heteroatoms. The van der Waals surface area contributed by atoms with E-state index in [2.05, 4.69) is 64.8 Å². The number of rotatable bonds is 12. The zero-order valence-electron chi connectivity index (χ0n) is 42.5. The van der Waals surface area contributed by atoms with E-state index >= 15 is 0 Å². The lowest BCUT2D eigenvalue weighted by Gasteiger charge is -2.14. The molecule has 0 saturated heterocycles. The number of hydrogen-bond donors (Lipinski definition) is 5. The second-order valence-electron chi connectivity index (χ2n) is 17.9. The summed E-state index contributed by atoms with van der Waals surface area (Å²) in [6.07, 6.45) is 1.44. The van der Waals surface area contributed by atoms with Gasteiger partial charge in [-0.3, -0.25) is 24.4 Å². The Hall–Kier alpha value is -6.59. The molecule has 3 aromatic heterocycles. The summed E-state index contributed by atoms with van der Waals surface area (Å²) in [6.45, 7) is 5.79. The molecule has 0 atom stereocenters. The van der Waals surface area contributed by atoms with Crippen molar-refractivity contribution in [2.45, 2.75) is 64.7 Å². The number of nitrogens with zero attached hydrogens (tertiary/aromatic N) is 8. The van der Waals surface area contributed by atoms with E-state index in [4.69, 9.17) is 11.5 Å². The Labute approximate surface area is 450 Å². The molecule has 0 fully saturated rings. The normalized spacial score (nSPS) is 13.2. The summed E-state index contributed by atoms with van der Waals surface area (Å²) in [4.78, 5) is 63.9. The first-order valence-corrected chi connectivity index (χ1v) is 22.6. The average molecular weight is 1110 g/mol. The fourth-order valence-electron chi connectivity index (χ4n) is 7.40. The molecule has 2 aliphatic rings. The van der Waals surface area contributed by atoms with Crippen LogP contribution in [0.2, 0.25) is 0 Å². The maximum absolute atomic E-state index is 13.2. The number of aliphatic imine (C=N–C) groups is 1. The van der Waals surface area contributed by atoms with Crippen molar-refractivity contribution in [1.82, 2.24) is 34.6 Å². The predicted molar refractivity (Wildman–Crippen MR) is 288 cm³/mol. The largest absolute Gasteiger partial charge is 0.416 e. The average Bonchev–Trinajstić information content (AvgIpc) is 3.49. The first kappa shape index (κ1) is 64.5. The molecular formula is C50H62Cl3F6N13O3. The standard InChI is InChI=1S/C24H25F3N6O.C14H13F3N2O2.C12H21N5.3ClH/c1-14-19(9-15(12-28-14)5-4-8-33(2)3)31-23-29-13-16-10-21(34)30-20-11-17(24(25,26)27)6-7-18(20)22(16)32-23;1-19(2)7-8-5-12(20)18-11-6-9(14(15,16)17)3-4-10(11)13(8)21;1-9-11(16-12(13)14)7-10(8-15-9)5-4-6-17(2)3;;;/h6-7,9,11-13H,4-5,8,10H2,1-3H3,(H,30,34)(H,29,31,32);3-4,6-7H,5H2,1-2H3,(H,18,20);7-8H,4-6H2,1-3H3,(H4,13,14,16);3*1H/b;8-7+;;;;. The highest BCUT2D eigenvalue weighted by Gasteiger charge is 2.34. The van der Waals surface area contributed by atoms with Crippen molar-refractivity contribution in [2.75, 3.05) is 71.3 Å². The number of amides is 2. The number of alkyl halides is 6. The summed E-state index contributed by atoms with van der Waals surface area (Å²) >= 11 is 0. The van der Waals surface area contributed by atoms with Crippen LogP contribution in [-0.4, -0.2) is 114 Å². The van der Waals surface area contributed by atoms with Crippen LogP contribution in [0.1, 0.15) is 68.8 Å². The number of anilines is 4. The van der Waals surface area contributed by atoms with E-state index < -0.39 is 41.1 Å². The number of aryl methyl sites for hydroxylation is 4. The monoisotopic (exact) mass is 1110 g/mol. The molecule has 2 amide bonds. The van der Waals surface area contributed by atoms with E-state index in [1.807, 2.05) is 52.5 Å². The maximum atomic E-state index is 13.2. The molecule has 75 heavy (non-hydrogen) atoms. The third kappa shape index (κ3) is 19.2. The topological polar surface area (TPSA) is 213 Å². The van der Waals surface area contributed by atoms with E-state index in [0.717, 1.165) is 103 Å². The maximum Gasteiger partial charge on any atom is 0.416 e. The van der Waals surface area contributed by atoms with Crippen molar-refractivity contribution in [3.63, 3.8) is 0 Å². The van der Waals surface area contributed by atoms with E-state index in [9.17, 15) is 40.7 Å². The minimum absolute atomic E-state index is 0. The van der Waals surface area contributed by atoms with Gasteiger partial charge in [0.2, 0.25) is 17.8 Å². The van der Waals surface area contributed by atoms with Gasteiger partial charge in [-0.2, -0.15) is 26.3 Å². The van der Waals surface area contributed by atoms with Crippen LogP contribution in [0, 0.1) is 13.8 Å². The lowest BCUT2D eigenvalue weighted by molar-refractivity contribution is -0.138. The number of fused-ring (bicyclic) bond motifs is 4. The molecule has 5 aromatic rings. The number of halogens is 9. The van der Waals surface area contributed by atoms with Gasteiger partial charge in [0.05, 0.1) is 63.8 Å². The van der Waals surface area contributed by atoms with Gasteiger partial charge < -0.3 is 42.1 Å². The van der Waals surface area contributed by atoms with Gasteiger partial charge in [-0.05, 0) is 134 Å². The number of aromatic nitrogens is 4. The summed E-state index contributed by atoms with van der Waals surface area (Å²) in [7, 11) is 11.6. The quantitative estimate of drug-likeness (QED) is 0.0342. The number of Topliss-reactive ketones (excluding diaryl/α,β-unsaturated/α-hetero) is 1. The third-order valence-electron chi connectivity index (χ3n) is 10.9. The van der Waals surface area contributed by atoms with Crippen LogP contribution >= 0.6 is 37.2 Å². The van der Waals surface area contributed by atoms with Gasteiger partial charge >= 0.3 is 12.4 Å². The Balaban J connectivity index is 0.000000406. The smallest absolute Gasteiger partial charge is 0.383 e. The van der Waals surface area contributed by atoms with Crippen molar-refractivity contribution in [1.29, 1.82) is 0 Å². The second kappa shape index (κ2) is 28.3. The van der Waals surface area contributed by atoms with E-state index in [1.54, 1.807) is 19.0 Å². The van der Waals surface area contributed by atoms with Crippen LogP contribution in [0.25, 0.3) is 11.3 Å². The SMILES string of the molecule is CN(C)/C=C1\CC(=O)Nc2cc(C(F)(F)F)ccc2C1=O.Cc1ncc(CCCN(C)C)cc1N=C(N)N.Cc1ncc(CCCN(C)C)cc1Nc1ncc2c(n1)-c1ccc(C(F)(F)F)cc1NC(=O)C2.Cl.Cl.Cl. The van der Waals surface area contributed by atoms with Gasteiger partial charge in [-0.1, -0.05) is 6.07 Å². The van der Waals surface area contributed by atoms with Crippen molar-refractivity contribution < 1.29 is 40.7 Å². The molecule has 2 aliphatic heterocycles. The Bertz CT molecular complexity index is 2840. The zero-order chi connectivity index (χ0) is 53.1. The van der Waals surface area contributed by atoms with Gasteiger partial charge in [0, 0.05) is 61.1 Å². The lowest BCUT2D eigenvalue weighted by Crippen LogP contribution is -2.22. The molecule has 7 rings (SSSR count). The third-order valence-corrected chi connectivity index (χ3v) is 10.9. The van der Waals surface area contributed by atoms with Gasteiger partial charge in [-0.25, -0.2) is 15.0 Å². The number of nitrogens with two attached hydrogens (primary N) is 2. The molecule has 408 valence electrons. The number of ketones is 1. The summed E-state index contributed by atoms with van der Waals surface area (Å²) in [6, 6.07) is 9.96. The van der Waals surface area contributed by atoms with E-state index in [-0.39, 0.29) is 84.5 Å². The minimum atomic E-state index is -4.53. The molecule has 0 saturated carbocycles. The van der Waals surface area contributed by atoms with Crippen LogP contribution in [0.3, 0.4) is 0 Å². The van der Waals surface area contributed by atoms with Crippen LogP contribution < -0.4 is 27.4 Å². The van der Waals surface area contributed by atoms with Crippen molar-refractivity contribution in [3.05, 3.63) is 124 Å². The molecule has 0 spiro atoms. The van der Waals surface area contributed by atoms with Gasteiger partial charge in [0.25, 0.3) is 0 Å². The van der Waals surface area contributed by atoms with E-state index in [1.165, 1.54) is 18.5 Å². The van der Waals surface area contributed by atoms with Crippen molar-refractivity contribution in [2.24, 2.45) is 16.5 Å². The van der Waals surface area contributed by atoms with E-state index in [0.29, 0.717) is 16.8 Å². The highest BCUT2D eigenvalue weighted by atomic mass is 35.5. The highest BCUT2D eigenvalue weighted by molar-refractivity contribution is 6.18. The van der Waals surface area contributed by atoms with Crippen LogP contribution in [0.4, 0.5) is 55.0 Å². The second-order valence-corrected chi connectivity index (χ2v) is 17.9. The number of hydrogen-bond acceptors (Lipinski definition) is 12. The lowest BCUT2D eigenvalue weighted by atomic mass is 10.00. The fourth-order valence-corrected chi connectivity index (χ4v) is 7.40. The Kier molecular flexibility index (Phi) is 24.4. The molecule has 0 aliphatic carbocycles. The zero-order valence-corrected chi connectivity index (χ0v) is 45.0. The number of carbonyl (C=O) groups is 3. The minimum Gasteiger partial charge on any atom is -0.383 e. The summed E-state index contributed by atoms with van der Waals surface area (Å²) < 4.78 is 77.6. The first-order chi connectivity index (χ1) is 33.8. The molecular weight excluding hydrogens is 1050 g/mol. The molecule has 0 unspecified atom stereocenters. The molecule has 7 N–H and O–H groups in total. The first-order valence-electron chi connectivity index (χ1n) is 22.6. The Morgan fingerprint density at radius 2 is 1.20 bits per heavy atom. The van der Waals surface area contributed by atoms with Crippen LogP contribution in [0.15, 0.2) is 83.9 Å². The summed E-state index contributed by atoms with van der Waals surface area (Å²) in [5.41, 5.74) is 16.0. The Morgan fingerprint density at radius 3 is 1.72 bits per heavy atom. The number of carbonyl (C=O) groups excluding carboxylic acids is 3. The fraction of sp³-hybridized carbons (Fsp3) is 0.360. The molecule has 0 bridgehead atoms. The van der Waals surface area contributed by atoms with Crippen LogP contribution in [0.5, 0.6) is 0 Å². The van der Waals surface area contributed by atoms with Gasteiger partial charge in [-0.15, -0.1) is 37.2 Å². The molecule has 5 heterocycles. The van der Waals surface area contributed by atoms with Crippen molar-refractivity contribution >= 4 is 89.5 Å². The molecule has 16 nitrogen and oxygen atoms in total. The number of nitrogens with one attached hydrogen (secondary N) is 3. The summed E-state index contributed by atoms with van der Waals surface area (Å²) in [5.74, 6) is -1.05. The number of guanidine groups is 1. The van der Waals surface area contributed by atoms with Gasteiger partial charge in [0.15, 0.2) is 11.7 Å². The van der Waals surface area contributed by atoms with Crippen molar-refractivity contribution in [3.8, 4) is 11.3 Å². The highest BCUT2D eigenvalue weighted by Crippen LogP contribution is 2.39. The number of benzene rings is 2. The Morgan fingerprint density at radius 1 is 0.693 bits per heavy atom. The van der Waals surface area contributed by atoms with Crippen LogP contribution in [-0.2, 0) is 41.2 Å².